The number of hydrogen-bond donors (Lipinski definition) is 2. The first kappa shape index (κ1) is 17.2. The number of nitrogens with zero attached hydrogens (tertiary/aromatic N) is 3. The third-order valence-electron chi connectivity index (χ3n) is 4.33. The molecule has 24 heavy (non-hydrogen) atoms. The molecular formula is C16H21N3O5. The van der Waals surface area contributed by atoms with E-state index < -0.39 is 42.3 Å². The lowest BCUT2D eigenvalue weighted by molar-refractivity contribution is -0.187. The fraction of sp³-hybridized carbons (Fsp3) is 0.625. The van der Waals surface area contributed by atoms with Gasteiger partial charge in [-0.2, -0.15) is 0 Å². The predicted octanol–water partition coefficient (Wildman–Crippen LogP) is 1.51. The zero-order chi connectivity index (χ0) is 17.3. The van der Waals surface area contributed by atoms with E-state index in [1.54, 1.807) is 13.8 Å². The molecule has 1 aromatic rings. The van der Waals surface area contributed by atoms with Crippen molar-refractivity contribution in [3.63, 3.8) is 0 Å². The van der Waals surface area contributed by atoms with Gasteiger partial charge in [-0.1, -0.05) is 35.4 Å². The molecule has 6 atom stereocenters. The molecule has 3 rings (SSSR count). The summed E-state index contributed by atoms with van der Waals surface area (Å²) in [6.45, 7) is 3.71. The maximum absolute atomic E-state index is 10.4. The predicted molar refractivity (Wildman–Crippen MR) is 83.8 cm³/mol. The molecule has 0 spiro atoms. The van der Waals surface area contributed by atoms with Crippen LogP contribution in [0.3, 0.4) is 0 Å². The van der Waals surface area contributed by atoms with Crippen LogP contribution in [0.15, 0.2) is 35.4 Å². The summed E-state index contributed by atoms with van der Waals surface area (Å²) in [7, 11) is 0. The van der Waals surface area contributed by atoms with E-state index in [0.29, 0.717) is 0 Å². The first-order chi connectivity index (χ1) is 11.4. The molecule has 130 valence electrons. The van der Waals surface area contributed by atoms with E-state index in [-0.39, 0.29) is 6.61 Å². The lowest BCUT2D eigenvalue weighted by Crippen LogP contribution is -2.62. The van der Waals surface area contributed by atoms with Crippen molar-refractivity contribution < 1.29 is 24.4 Å². The fourth-order valence-corrected chi connectivity index (χ4v) is 3.27. The quantitative estimate of drug-likeness (QED) is 0.491. The SMILES string of the molecule is CC1(C)O[C@H]2[C@H](OCc3ccccc3)[C@@H](O)[C@H](O)[C@@H](N=[N+]=[N-])[C@H]2O1. The lowest BCUT2D eigenvalue weighted by Gasteiger charge is -2.41. The summed E-state index contributed by atoms with van der Waals surface area (Å²) in [6, 6.07) is 8.56. The minimum absolute atomic E-state index is 0.258. The van der Waals surface area contributed by atoms with Crippen LogP contribution in [0.5, 0.6) is 0 Å². The van der Waals surface area contributed by atoms with Gasteiger partial charge >= 0.3 is 0 Å². The number of fused-ring (bicyclic) bond motifs is 1. The van der Waals surface area contributed by atoms with Crippen molar-refractivity contribution in [3.8, 4) is 0 Å². The van der Waals surface area contributed by atoms with Crippen LogP contribution in [0, 0.1) is 0 Å². The molecule has 2 fully saturated rings. The van der Waals surface area contributed by atoms with Crippen LogP contribution >= 0.6 is 0 Å². The van der Waals surface area contributed by atoms with Crippen LogP contribution < -0.4 is 0 Å². The van der Waals surface area contributed by atoms with Crippen molar-refractivity contribution >= 4 is 0 Å². The Morgan fingerprint density at radius 3 is 2.50 bits per heavy atom. The Bertz CT molecular complexity index is 619. The molecule has 2 aliphatic rings. The van der Waals surface area contributed by atoms with Crippen LogP contribution in [0.2, 0.25) is 0 Å². The molecule has 0 unspecified atom stereocenters. The highest BCUT2D eigenvalue weighted by Crippen LogP contribution is 2.40. The Hall–Kier alpha value is -1.67. The molecule has 1 saturated carbocycles. The van der Waals surface area contributed by atoms with Crippen molar-refractivity contribution in [2.45, 2.75) is 62.8 Å². The van der Waals surface area contributed by atoms with Crippen molar-refractivity contribution in [1.82, 2.24) is 0 Å². The maximum atomic E-state index is 10.4. The zero-order valence-corrected chi connectivity index (χ0v) is 13.5. The molecule has 8 nitrogen and oxygen atoms in total. The maximum Gasteiger partial charge on any atom is 0.163 e. The van der Waals surface area contributed by atoms with Crippen LogP contribution in [0.4, 0.5) is 0 Å². The minimum Gasteiger partial charge on any atom is -0.390 e. The highest BCUT2D eigenvalue weighted by Gasteiger charge is 2.58. The summed E-state index contributed by atoms with van der Waals surface area (Å²) in [5.41, 5.74) is 9.66. The summed E-state index contributed by atoms with van der Waals surface area (Å²) < 4.78 is 17.5. The average Bonchev–Trinajstić information content (AvgIpc) is 2.88. The van der Waals surface area contributed by atoms with Gasteiger partial charge in [0.1, 0.15) is 24.4 Å². The van der Waals surface area contributed by atoms with Gasteiger partial charge in [0, 0.05) is 4.91 Å². The Labute approximate surface area is 139 Å². The van der Waals surface area contributed by atoms with Gasteiger partial charge < -0.3 is 24.4 Å². The second kappa shape index (κ2) is 6.68. The van der Waals surface area contributed by atoms with E-state index in [0.717, 1.165) is 5.56 Å². The highest BCUT2D eigenvalue weighted by molar-refractivity contribution is 5.14. The third-order valence-corrected chi connectivity index (χ3v) is 4.33. The number of benzene rings is 1. The number of aliphatic hydroxyl groups is 2. The van der Waals surface area contributed by atoms with Crippen molar-refractivity contribution in [1.29, 1.82) is 0 Å². The number of azide groups is 1. The molecule has 0 radical (unpaired) electrons. The van der Waals surface area contributed by atoms with E-state index in [2.05, 4.69) is 10.0 Å². The highest BCUT2D eigenvalue weighted by atomic mass is 16.8. The molecule has 1 saturated heterocycles. The van der Waals surface area contributed by atoms with E-state index in [1.807, 2.05) is 30.3 Å². The largest absolute Gasteiger partial charge is 0.390 e. The van der Waals surface area contributed by atoms with Gasteiger partial charge in [0.2, 0.25) is 0 Å². The van der Waals surface area contributed by atoms with Crippen LogP contribution in [0.25, 0.3) is 10.4 Å². The van der Waals surface area contributed by atoms with Gasteiger partial charge in [0.05, 0.1) is 18.8 Å². The summed E-state index contributed by atoms with van der Waals surface area (Å²) in [5.74, 6) is -0.920. The molecular weight excluding hydrogens is 314 g/mol. The zero-order valence-electron chi connectivity index (χ0n) is 13.5. The van der Waals surface area contributed by atoms with E-state index in [4.69, 9.17) is 19.7 Å². The summed E-state index contributed by atoms with van der Waals surface area (Å²) in [4.78, 5) is 2.75. The topological polar surface area (TPSA) is 117 Å². The monoisotopic (exact) mass is 335 g/mol. The van der Waals surface area contributed by atoms with Crippen molar-refractivity contribution in [2.24, 2.45) is 5.11 Å². The van der Waals surface area contributed by atoms with Gasteiger partial charge in [-0.25, -0.2) is 0 Å². The molecule has 1 heterocycles. The van der Waals surface area contributed by atoms with Crippen LogP contribution in [-0.2, 0) is 20.8 Å². The summed E-state index contributed by atoms with van der Waals surface area (Å²) in [6.07, 6.45) is -4.66. The fourth-order valence-electron chi connectivity index (χ4n) is 3.27. The number of hydrogen-bond acceptors (Lipinski definition) is 6. The summed E-state index contributed by atoms with van der Waals surface area (Å²) in [5, 5.41) is 24.3. The number of ether oxygens (including phenoxy) is 3. The second-order valence-corrected chi connectivity index (χ2v) is 6.50. The minimum atomic E-state index is -1.29. The first-order valence-corrected chi connectivity index (χ1v) is 7.84. The number of aliphatic hydroxyl groups excluding tert-OH is 2. The van der Waals surface area contributed by atoms with E-state index in [9.17, 15) is 10.2 Å². The molecule has 0 aromatic heterocycles. The molecule has 0 amide bonds. The molecule has 2 N–H and O–H groups in total. The van der Waals surface area contributed by atoms with Crippen molar-refractivity contribution in [3.05, 3.63) is 46.3 Å². The molecule has 1 aliphatic heterocycles. The van der Waals surface area contributed by atoms with E-state index >= 15 is 0 Å². The van der Waals surface area contributed by atoms with Crippen molar-refractivity contribution in [2.75, 3.05) is 0 Å². The second-order valence-electron chi connectivity index (χ2n) is 6.50. The molecule has 1 aromatic carbocycles. The smallest absolute Gasteiger partial charge is 0.163 e. The first-order valence-electron chi connectivity index (χ1n) is 7.84. The van der Waals surface area contributed by atoms with Crippen LogP contribution in [0.1, 0.15) is 19.4 Å². The average molecular weight is 335 g/mol. The third kappa shape index (κ3) is 3.25. The lowest BCUT2D eigenvalue weighted by atomic mass is 9.83. The normalized spacial score (nSPS) is 37.5. The van der Waals surface area contributed by atoms with Gasteiger partial charge in [0.25, 0.3) is 0 Å². The van der Waals surface area contributed by atoms with Crippen LogP contribution in [-0.4, -0.2) is 52.6 Å². The van der Waals surface area contributed by atoms with Gasteiger partial charge in [0.15, 0.2) is 5.79 Å². The standard InChI is InChI=1S/C16H21N3O5/c1-16(2)23-13-10(18-19-17)11(20)12(21)14(15(13)24-16)22-8-9-6-4-3-5-7-9/h3-7,10-15,20-21H,8H2,1-2H3/t10-,11-,12+,13-,14-,15-/m1/s1. The van der Waals surface area contributed by atoms with Gasteiger partial charge in [-0.15, -0.1) is 0 Å². The Kier molecular flexibility index (Phi) is 4.78. The number of rotatable bonds is 4. The van der Waals surface area contributed by atoms with Gasteiger partial charge in [-0.3, -0.25) is 0 Å². The molecule has 1 aliphatic carbocycles. The van der Waals surface area contributed by atoms with Gasteiger partial charge in [-0.05, 0) is 24.9 Å². The Morgan fingerprint density at radius 2 is 1.83 bits per heavy atom. The molecule has 0 bridgehead atoms. The Morgan fingerprint density at radius 1 is 1.17 bits per heavy atom. The van der Waals surface area contributed by atoms with E-state index in [1.165, 1.54) is 0 Å². The summed E-state index contributed by atoms with van der Waals surface area (Å²) >= 11 is 0. The Balaban J connectivity index is 1.81. The molecule has 8 heteroatoms.